The monoisotopic (exact) mass is 308 g/mol. The van der Waals surface area contributed by atoms with E-state index in [0.29, 0.717) is 24.8 Å². The Labute approximate surface area is 128 Å². The van der Waals surface area contributed by atoms with Crippen molar-refractivity contribution < 1.29 is 9.53 Å². The number of carbonyl (C=O) groups is 1. The highest BCUT2D eigenvalue weighted by Crippen LogP contribution is 2.14. The highest BCUT2D eigenvalue weighted by Gasteiger charge is 2.18. The molecule has 7 heteroatoms. The third-order valence-corrected chi connectivity index (χ3v) is 4.11. The number of hydrogen-bond donors (Lipinski definition) is 0. The average molecular weight is 308 g/mol. The molecule has 2 aromatic heterocycles. The van der Waals surface area contributed by atoms with E-state index in [2.05, 4.69) is 15.3 Å². The molecule has 0 aromatic carbocycles. The van der Waals surface area contributed by atoms with Gasteiger partial charge in [0, 0.05) is 17.8 Å². The molecule has 0 aliphatic rings. The normalized spacial score (nSPS) is 11.1. The molecule has 0 spiro atoms. The van der Waals surface area contributed by atoms with E-state index in [0.717, 1.165) is 17.8 Å². The molecule has 114 valence electrons. The summed E-state index contributed by atoms with van der Waals surface area (Å²) in [6, 6.07) is 0. The lowest BCUT2D eigenvalue weighted by Gasteiger charge is -2.06. The van der Waals surface area contributed by atoms with Crippen molar-refractivity contribution in [2.24, 2.45) is 5.92 Å². The second-order valence-corrected chi connectivity index (χ2v) is 6.29. The summed E-state index contributed by atoms with van der Waals surface area (Å²) < 4.78 is 6.93. The second kappa shape index (κ2) is 6.80. The summed E-state index contributed by atoms with van der Waals surface area (Å²) in [4.78, 5) is 17.4. The van der Waals surface area contributed by atoms with Crippen molar-refractivity contribution in [1.29, 1.82) is 0 Å². The second-order valence-electron chi connectivity index (χ2n) is 5.35. The molecule has 2 aromatic rings. The van der Waals surface area contributed by atoms with Gasteiger partial charge in [-0.3, -0.25) is 0 Å². The van der Waals surface area contributed by atoms with Crippen LogP contribution in [0.1, 0.15) is 40.6 Å². The Morgan fingerprint density at radius 1 is 1.43 bits per heavy atom. The van der Waals surface area contributed by atoms with Crippen molar-refractivity contribution in [3.63, 3.8) is 0 Å². The summed E-state index contributed by atoms with van der Waals surface area (Å²) in [5.41, 5.74) is 3.94. The van der Waals surface area contributed by atoms with Crippen LogP contribution in [0.4, 0.5) is 0 Å². The van der Waals surface area contributed by atoms with Gasteiger partial charge in [0.05, 0.1) is 23.5 Å². The van der Waals surface area contributed by atoms with E-state index in [4.69, 9.17) is 4.74 Å². The lowest BCUT2D eigenvalue weighted by Crippen LogP contribution is -2.12. The first-order valence-corrected chi connectivity index (χ1v) is 7.83. The zero-order chi connectivity index (χ0) is 15.4. The van der Waals surface area contributed by atoms with Crippen molar-refractivity contribution in [3.8, 4) is 0 Å². The Hall–Kier alpha value is -1.76. The third kappa shape index (κ3) is 3.87. The number of ether oxygens (including phenoxy) is 1. The Bertz CT molecular complexity index is 618. The predicted molar refractivity (Wildman–Crippen MR) is 80.4 cm³/mol. The van der Waals surface area contributed by atoms with E-state index < -0.39 is 5.97 Å². The molecule has 0 radical (unpaired) electrons. The largest absolute Gasteiger partial charge is 0.461 e. The fourth-order valence-electron chi connectivity index (χ4n) is 1.85. The molecule has 0 atom stereocenters. The van der Waals surface area contributed by atoms with Crippen LogP contribution in [0.25, 0.3) is 0 Å². The zero-order valence-electron chi connectivity index (χ0n) is 12.8. The van der Waals surface area contributed by atoms with Crippen molar-refractivity contribution in [2.75, 3.05) is 6.61 Å². The molecule has 0 unspecified atom stereocenters. The van der Waals surface area contributed by atoms with Crippen molar-refractivity contribution in [2.45, 2.75) is 40.7 Å². The van der Waals surface area contributed by atoms with Crippen molar-refractivity contribution >= 4 is 17.3 Å². The Balaban J connectivity index is 2.00. The van der Waals surface area contributed by atoms with Crippen LogP contribution in [-0.4, -0.2) is 32.6 Å². The number of esters is 1. The number of rotatable bonds is 6. The van der Waals surface area contributed by atoms with Gasteiger partial charge in [-0.2, -0.15) is 0 Å². The maximum atomic E-state index is 11.9. The molecule has 0 saturated carbocycles. The van der Waals surface area contributed by atoms with Crippen LogP contribution in [0.15, 0.2) is 5.51 Å². The summed E-state index contributed by atoms with van der Waals surface area (Å²) in [5, 5.41) is 7.99. The lowest BCUT2D eigenvalue weighted by molar-refractivity contribution is 0.0451. The predicted octanol–water partition coefficient (Wildman–Crippen LogP) is 2.41. The van der Waals surface area contributed by atoms with E-state index in [1.165, 1.54) is 4.88 Å². The number of carbonyl (C=O) groups excluding carboxylic acids is 1. The summed E-state index contributed by atoms with van der Waals surface area (Å²) in [5.74, 6) is -0.0972. The Morgan fingerprint density at radius 2 is 2.19 bits per heavy atom. The number of aromatic nitrogens is 4. The van der Waals surface area contributed by atoms with Crippen LogP contribution < -0.4 is 0 Å². The third-order valence-electron chi connectivity index (χ3n) is 3.12. The molecule has 2 rings (SSSR count). The molecule has 21 heavy (non-hydrogen) atoms. The van der Waals surface area contributed by atoms with Gasteiger partial charge < -0.3 is 4.74 Å². The smallest absolute Gasteiger partial charge is 0.360 e. The summed E-state index contributed by atoms with van der Waals surface area (Å²) >= 11 is 1.63. The summed E-state index contributed by atoms with van der Waals surface area (Å²) in [7, 11) is 0. The summed E-state index contributed by atoms with van der Waals surface area (Å²) in [6.07, 6.45) is 0.835. The molecular formula is C14H20N4O2S. The van der Waals surface area contributed by atoms with Gasteiger partial charge in [0.25, 0.3) is 0 Å². The molecule has 6 nitrogen and oxygen atoms in total. The van der Waals surface area contributed by atoms with Gasteiger partial charge in [0.15, 0.2) is 5.69 Å². The molecule has 0 aliphatic carbocycles. The van der Waals surface area contributed by atoms with E-state index in [1.807, 2.05) is 33.2 Å². The standard InChI is InChI=1S/C14H20N4O2S/c1-9(2)7-20-14(19)13-11(4)18(17-16-13)6-5-12-10(3)15-8-21-12/h8-9H,5-7H2,1-4H3. The number of hydrogen-bond acceptors (Lipinski definition) is 6. The number of nitrogens with zero attached hydrogens (tertiary/aromatic N) is 4. The first-order chi connectivity index (χ1) is 9.99. The topological polar surface area (TPSA) is 69.9 Å². The SMILES string of the molecule is Cc1ncsc1CCn1nnc(C(=O)OCC(C)C)c1C. The van der Waals surface area contributed by atoms with Crippen LogP contribution in [-0.2, 0) is 17.7 Å². The number of thiazole rings is 1. The minimum absolute atomic E-state index is 0.302. The molecule has 0 bridgehead atoms. The molecule has 0 fully saturated rings. The lowest BCUT2D eigenvalue weighted by atomic mass is 10.2. The van der Waals surface area contributed by atoms with Gasteiger partial charge in [0.2, 0.25) is 0 Å². The quantitative estimate of drug-likeness (QED) is 0.766. The first kappa shape index (κ1) is 15.6. The molecule has 0 aliphatic heterocycles. The van der Waals surface area contributed by atoms with E-state index in [-0.39, 0.29) is 0 Å². The van der Waals surface area contributed by atoms with E-state index in [1.54, 1.807) is 16.0 Å². The van der Waals surface area contributed by atoms with Crippen molar-refractivity contribution in [1.82, 2.24) is 20.0 Å². The van der Waals surface area contributed by atoms with Crippen LogP contribution in [0.5, 0.6) is 0 Å². The van der Waals surface area contributed by atoms with Crippen molar-refractivity contribution in [3.05, 3.63) is 27.5 Å². The van der Waals surface area contributed by atoms with Gasteiger partial charge in [-0.1, -0.05) is 19.1 Å². The number of aryl methyl sites for hydroxylation is 3. The molecule has 2 heterocycles. The molecule has 0 saturated heterocycles. The molecular weight excluding hydrogens is 288 g/mol. The molecule has 0 amide bonds. The van der Waals surface area contributed by atoms with Gasteiger partial charge in [0.1, 0.15) is 0 Å². The fourth-order valence-corrected chi connectivity index (χ4v) is 2.62. The average Bonchev–Trinajstić information content (AvgIpc) is 3.00. The van der Waals surface area contributed by atoms with Crippen LogP contribution in [0.3, 0.4) is 0 Å². The highest BCUT2D eigenvalue weighted by molar-refractivity contribution is 7.09. The maximum absolute atomic E-state index is 11.9. The zero-order valence-corrected chi connectivity index (χ0v) is 13.6. The van der Waals surface area contributed by atoms with Crippen LogP contribution >= 0.6 is 11.3 Å². The Morgan fingerprint density at radius 3 is 2.81 bits per heavy atom. The molecule has 0 N–H and O–H groups in total. The Kier molecular flexibility index (Phi) is 5.06. The van der Waals surface area contributed by atoms with Gasteiger partial charge in [-0.15, -0.1) is 16.4 Å². The van der Waals surface area contributed by atoms with Gasteiger partial charge >= 0.3 is 5.97 Å². The minimum Gasteiger partial charge on any atom is -0.461 e. The van der Waals surface area contributed by atoms with E-state index in [9.17, 15) is 4.79 Å². The maximum Gasteiger partial charge on any atom is 0.360 e. The van der Waals surface area contributed by atoms with Crippen LogP contribution in [0, 0.1) is 19.8 Å². The minimum atomic E-state index is -0.401. The first-order valence-electron chi connectivity index (χ1n) is 6.95. The van der Waals surface area contributed by atoms with Crippen LogP contribution in [0.2, 0.25) is 0 Å². The van der Waals surface area contributed by atoms with Gasteiger partial charge in [-0.05, 0) is 19.8 Å². The summed E-state index contributed by atoms with van der Waals surface area (Å²) in [6.45, 7) is 8.90. The van der Waals surface area contributed by atoms with Gasteiger partial charge in [-0.25, -0.2) is 14.5 Å². The highest BCUT2D eigenvalue weighted by atomic mass is 32.1. The fraction of sp³-hybridized carbons (Fsp3) is 0.571. The van der Waals surface area contributed by atoms with E-state index >= 15 is 0 Å².